The Morgan fingerprint density at radius 3 is 2.14 bits per heavy atom. The summed E-state index contributed by atoms with van der Waals surface area (Å²) in [4.78, 5) is 35.8. The molecule has 42 heavy (non-hydrogen) atoms. The number of nitrogens with one attached hydrogen (secondary N) is 1. The average molecular weight is 598 g/mol. The molecule has 0 aromatic heterocycles. The largest absolute Gasteiger partial charge is 0.480 e. The Hall–Kier alpha value is -3.46. The van der Waals surface area contributed by atoms with Gasteiger partial charge in [-0.2, -0.15) is 0 Å². The van der Waals surface area contributed by atoms with Gasteiger partial charge < -0.3 is 25.0 Å². The van der Waals surface area contributed by atoms with E-state index >= 15 is 0 Å². The molecule has 0 aliphatic rings. The van der Waals surface area contributed by atoms with Crippen LogP contribution in [0.4, 0.5) is 0 Å². The first kappa shape index (κ1) is 33.0. The van der Waals surface area contributed by atoms with Gasteiger partial charge in [0.05, 0.1) is 0 Å². The summed E-state index contributed by atoms with van der Waals surface area (Å²) in [6.07, 6.45) is 3.44. The summed E-state index contributed by atoms with van der Waals surface area (Å²) in [6, 6.07) is 20.6. The molecule has 0 bridgehead atoms. The molecule has 3 N–H and O–H groups in total. The molecule has 0 saturated heterocycles. The van der Waals surface area contributed by atoms with Crippen LogP contribution in [0.1, 0.15) is 55.2 Å². The minimum Gasteiger partial charge on any atom is -0.480 e. The minimum absolute atomic E-state index is 0.143. The second-order valence-electron chi connectivity index (χ2n) is 10.4. The molecule has 0 fully saturated rings. The van der Waals surface area contributed by atoms with Crippen molar-refractivity contribution in [3.8, 4) is 0 Å². The predicted molar refractivity (Wildman–Crippen MR) is 163 cm³/mol. The number of ether oxygens (including phenoxy) is 2. The predicted octanol–water partition coefficient (Wildman–Crippen LogP) is 5.98. The van der Waals surface area contributed by atoms with E-state index in [9.17, 15) is 19.5 Å². The standard InChI is InChI=1S/C33H40ClNO7/c1-23-20-24(15-17-28(23)34)10-5-3-9-19-41-30(31(33(39)40)42-22-29(36)37)32(38)35-18-8-2-4-11-25-14-16-26-12-6-7-13-27(26)21-25/h6-7,12-17,20-21,30-31H,2-5,8-11,18-19,22H2,1H3,(H,35,38)(H,36,37)(H,39,40). The van der Waals surface area contributed by atoms with Crippen LogP contribution in [0.15, 0.2) is 60.7 Å². The van der Waals surface area contributed by atoms with Crippen LogP contribution in [0, 0.1) is 6.92 Å². The Morgan fingerprint density at radius 1 is 0.786 bits per heavy atom. The minimum atomic E-state index is -1.73. The van der Waals surface area contributed by atoms with Crippen molar-refractivity contribution in [1.29, 1.82) is 0 Å². The van der Waals surface area contributed by atoms with Crippen LogP contribution in [-0.4, -0.2) is 60.0 Å². The zero-order valence-electron chi connectivity index (χ0n) is 24.0. The van der Waals surface area contributed by atoms with Crippen molar-refractivity contribution in [3.63, 3.8) is 0 Å². The molecule has 0 aliphatic heterocycles. The number of carboxylic acid groups (broad SMARTS) is 2. The molecule has 8 nitrogen and oxygen atoms in total. The summed E-state index contributed by atoms with van der Waals surface area (Å²) in [6.45, 7) is 1.60. The zero-order valence-corrected chi connectivity index (χ0v) is 24.8. The van der Waals surface area contributed by atoms with Crippen LogP contribution < -0.4 is 5.32 Å². The Bertz CT molecular complexity index is 1330. The van der Waals surface area contributed by atoms with E-state index in [0.717, 1.165) is 49.1 Å². The number of aliphatic carboxylic acids is 2. The summed E-state index contributed by atoms with van der Waals surface area (Å²) >= 11 is 6.09. The van der Waals surface area contributed by atoms with Gasteiger partial charge in [-0.05, 0) is 79.0 Å². The van der Waals surface area contributed by atoms with Crippen molar-refractivity contribution in [1.82, 2.24) is 5.32 Å². The van der Waals surface area contributed by atoms with Crippen molar-refractivity contribution < 1.29 is 34.1 Å². The van der Waals surface area contributed by atoms with E-state index in [0.29, 0.717) is 19.4 Å². The summed E-state index contributed by atoms with van der Waals surface area (Å²) in [5.74, 6) is -3.41. The number of carboxylic acids is 2. The molecule has 226 valence electrons. The number of rotatable bonds is 19. The van der Waals surface area contributed by atoms with Crippen molar-refractivity contribution in [2.24, 2.45) is 0 Å². The lowest BCUT2D eigenvalue weighted by atomic mass is 10.0. The van der Waals surface area contributed by atoms with Gasteiger partial charge in [0, 0.05) is 18.2 Å². The second kappa shape index (κ2) is 17.5. The van der Waals surface area contributed by atoms with Crippen LogP contribution in [0.25, 0.3) is 10.8 Å². The van der Waals surface area contributed by atoms with Gasteiger partial charge in [0.1, 0.15) is 6.61 Å². The number of aryl methyl sites for hydroxylation is 3. The third-order valence-electron chi connectivity index (χ3n) is 7.05. The first-order chi connectivity index (χ1) is 20.2. The SMILES string of the molecule is Cc1cc(CCCCCOC(C(=O)NCCCCCc2ccc3ccccc3c2)C(OCC(=O)O)C(=O)O)ccc1Cl. The highest BCUT2D eigenvalue weighted by Gasteiger charge is 2.36. The Morgan fingerprint density at radius 2 is 1.45 bits per heavy atom. The molecule has 2 unspecified atom stereocenters. The molecule has 1 amide bonds. The summed E-state index contributed by atoms with van der Waals surface area (Å²) < 4.78 is 10.7. The van der Waals surface area contributed by atoms with Gasteiger partial charge in [-0.15, -0.1) is 0 Å². The number of fused-ring (bicyclic) bond motifs is 1. The van der Waals surface area contributed by atoms with Gasteiger partial charge in [0.15, 0.2) is 12.2 Å². The van der Waals surface area contributed by atoms with Crippen molar-refractivity contribution in [2.75, 3.05) is 19.8 Å². The lowest BCUT2D eigenvalue weighted by molar-refractivity contribution is -0.172. The monoisotopic (exact) mass is 597 g/mol. The number of amides is 1. The van der Waals surface area contributed by atoms with Crippen LogP contribution in [0.5, 0.6) is 0 Å². The van der Waals surface area contributed by atoms with Crippen LogP contribution in [0.3, 0.4) is 0 Å². The van der Waals surface area contributed by atoms with Gasteiger partial charge in [0.25, 0.3) is 5.91 Å². The topological polar surface area (TPSA) is 122 Å². The lowest BCUT2D eigenvalue weighted by Gasteiger charge is -2.23. The van der Waals surface area contributed by atoms with Crippen LogP contribution in [-0.2, 0) is 36.7 Å². The maximum Gasteiger partial charge on any atom is 0.336 e. The number of halogens is 1. The van der Waals surface area contributed by atoms with E-state index in [4.69, 9.17) is 26.2 Å². The number of benzene rings is 3. The zero-order chi connectivity index (χ0) is 30.3. The Kier molecular flexibility index (Phi) is 13.8. The summed E-state index contributed by atoms with van der Waals surface area (Å²) in [5.41, 5.74) is 3.46. The van der Waals surface area contributed by atoms with E-state index in [-0.39, 0.29) is 6.61 Å². The highest BCUT2D eigenvalue weighted by Crippen LogP contribution is 2.19. The van der Waals surface area contributed by atoms with E-state index in [1.807, 2.05) is 31.2 Å². The van der Waals surface area contributed by atoms with Gasteiger partial charge in [-0.1, -0.05) is 79.0 Å². The van der Waals surface area contributed by atoms with Crippen molar-refractivity contribution in [2.45, 2.75) is 70.5 Å². The third-order valence-corrected chi connectivity index (χ3v) is 7.47. The normalized spacial score (nSPS) is 12.6. The molecule has 3 aromatic rings. The first-order valence-corrected chi connectivity index (χ1v) is 14.8. The molecule has 9 heteroatoms. The maximum absolute atomic E-state index is 12.9. The van der Waals surface area contributed by atoms with Gasteiger partial charge in [-0.25, -0.2) is 9.59 Å². The number of unbranched alkanes of at least 4 members (excludes halogenated alkanes) is 4. The third kappa shape index (κ3) is 11.1. The number of hydrogen-bond donors (Lipinski definition) is 3. The fraction of sp³-hybridized carbons (Fsp3) is 0.424. The van der Waals surface area contributed by atoms with Gasteiger partial charge in [-0.3, -0.25) is 4.79 Å². The summed E-state index contributed by atoms with van der Waals surface area (Å²) in [7, 11) is 0. The van der Waals surface area contributed by atoms with Crippen LogP contribution >= 0.6 is 11.6 Å². The lowest BCUT2D eigenvalue weighted by Crippen LogP contribution is -2.49. The molecule has 0 heterocycles. The molecule has 0 aliphatic carbocycles. The molecule has 0 spiro atoms. The Labute approximate surface area is 252 Å². The molecular formula is C33H40ClNO7. The number of carbonyl (C=O) groups is 3. The average Bonchev–Trinajstić information content (AvgIpc) is 2.96. The fourth-order valence-corrected chi connectivity index (χ4v) is 4.89. The molecule has 0 saturated carbocycles. The molecule has 3 aromatic carbocycles. The van der Waals surface area contributed by atoms with E-state index in [2.05, 4.69) is 41.7 Å². The summed E-state index contributed by atoms with van der Waals surface area (Å²) in [5, 5.41) is 24.5. The van der Waals surface area contributed by atoms with Gasteiger partial charge in [0.2, 0.25) is 0 Å². The smallest absolute Gasteiger partial charge is 0.336 e. The molecular weight excluding hydrogens is 558 g/mol. The van der Waals surface area contributed by atoms with Gasteiger partial charge >= 0.3 is 11.9 Å². The maximum atomic E-state index is 12.9. The van der Waals surface area contributed by atoms with Crippen molar-refractivity contribution >= 4 is 40.2 Å². The van der Waals surface area contributed by atoms with Crippen molar-refractivity contribution in [3.05, 3.63) is 82.4 Å². The molecule has 0 radical (unpaired) electrons. The molecule has 2 atom stereocenters. The first-order valence-electron chi connectivity index (χ1n) is 14.4. The van der Waals surface area contributed by atoms with E-state index < -0.39 is 36.7 Å². The second-order valence-corrected chi connectivity index (χ2v) is 10.8. The highest BCUT2D eigenvalue weighted by molar-refractivity contribution is 6.31. The highest BCUT2D eigenvalue weighted by atomic mass is 35.5. The number of carbonyl (C=O) groups excluding carboxylic acids is 1. The van der Waals surface area contributed by atoms with E-state index in [1.54, 1.807) is 0 Å². The fourth-order valence-electron chi connectivity index (χ4n) is 4.77. The van der Waals surface area contributed by atoms with Crippen LogP contribution in [0.2, 0.25) is 5.02 Å². The van der Waals surface area contributed by atoms with E-state index in [1.165, 1.54) is 21.9 Å². The number of hydrogen-bond acceptors (Lipinski definition) is 5. The Balaban J connectivity index is 1.43. The molecule has 3 rings (SSSR count). The quantitative estimate of drug-likeness (QED) is 0.145.